The van der Waals surface area contributed by atoms with E-state index in [0.29, 0.717) is 24.6 Å². The summed E-state index contributed by atoms with van der Waals surface area (Å²) < 4.78 is 16.0. The first kappa shape index (κ1) is 19.3. The van der Waals surface area contributed by atoms with Crippen molar-refractivity contribution in [3.8, 4) is 11.5 Å². The van der Waals surface area contributed by atoms with Gasteiger partial charge in [0.2, 0.25) is 0 Å². The van der Waals surface area contributed by atoms with Gasteiger partial charge >= 0.3 is 6.03 Å². The first-order chi connectivity index (χ1) is 12.0. The van der Waals surface area contributed by atoms with Crippen molar-refractivity contribution in [1.29, 1.82) is 0 Å². The molecule has 1 fully saturated rings. The Morgan fingerprint density at radius 3 is 2.44 bits per heavy atom. The molecule has 2 rings (SSSR count). The van der Waals surface area contributed by atoms with Crippen molar-refractivity contribution in [1.82, 2.24) is 14.7 Å². The summed E-state index contributed by atoms with van der Waals surface area (Å²) in [7, 11) is 6.78. The van der Waals surface area contributed by atoms with E-state index in [-0.39, 0.29) is 6.03 Å². The van der Waals surface area contributed by atoms with Crippen LogP contribution in [-0.2, 0) is 11.3 Å². The van der Waals surface area contributed by atoms with Gasteiger partial charge in [0.15, 0.2) is 11.5 Å². The van der Waals surface area contributed by atoms with Crippen LogP contribution < -0.4 is 9.47 Å². The van der Waals surface area contributed by atoms with Crippen LogP contribution in [0.15, 0.2) is 18.2 Å². The van der Waals surface area contributed by atoms with E-state index in [2.05, 4.69) is 4.90 Å². The third-order valence-corrected chi connectivity index (χ3v) is 4.26. The van der Waals surface area contributed by atoms with Gasteiger partial charge in [-0.25, -0.2) is 4.79 Å². The number of amides is 2. The summed E-state index contributed by atoms with van der Waals surface area (Å²) in [5.41, 5.74) is 1.01. The molecule has 0 bridgehead atoms. The highest BCUT2D eigenvalue weighted by atomic mass is 16.5. The molecule has 140 valence electrons. The average molecular weight is 351 g/mol. The molecule has 0 atom stereocenters. The molecule has 2 amide bonds. The van der Waals surface area contributed by atoms with E-state index in [1.54, 1.807) is 33.2 Å². The fourth-order valence-corrected chi connectivity index (χ4v) is 2.81. The quantitative estimate of drug-likeness (QED) is 0.746. The topological polar surface area (TPSA) is 54.5 Å². The number of hydrogen-bond acceptors (Lipinski definition) is 5. The van der Waals surface area contributed by atoms with Gasteiger partial charge in [0.05, 0.1) is 27.4 Å². The van der Waals surface area contributed by atoms with Crippen LogP contribution in [-0.4, -0.2) is 88.4 Å². The zero-order valence-corrected chi connectivity index (χ0v) is 15.7. The summed E-state index contributed by atoms with van der Waals surface area (Å²) in [6.07, 6.45) is 0. The maximum absolute atomic E-state index is 12.6. The molecule has 1 aromatic carbocycles. The Balaban J connectivity index is 2.05. The minimum atomic E-state index is 0.00282. The minimum Gasteiger partial charge on any atom is -0.493 e. The highest BCUT2D eigenvalue weighted by Crippen LogP contribution is 2.28. The van der Waals surface area contributed by atoms with Gasteiger partial charge < -0.3 is 24.0 Å². The van der Waals surface area contributed by atoms with Crippen molar-refractivity contribution < 1.29 is 19.0 Å². The number of methoxy groups -OCH3 is 2. The van der Waals surface area contributed by atoms with Crippen LogP contribution >= 0.6 is 0 Å². The molecular weight excluding hydrogens is 322 g/mol. The third kappa shape index (κ3) is 5.51. The minimum absolute atomic E-state index is 0.00282. The number of urea groups is 1. The van der Waals surface area contributed by atoms with Gasteiger partial charge in [0.25, 0.3) is 0 Å². The molecule has 0 spiro atoms. The molecule has 25 heavy (non-hydrogen) atoms. The van der Waals surface area contributed by atoms with Crippen LogP contribution in [0.5, 0.6) is 11.5 Å². The molecular formula is C18H29N3O4. The molecule has 1 aliphatic rings. The highest BCUT2D eigenvalue weighted by molar-refractivity contribution is 5.73. The van der Waals surface area contributed by atoms with E-state index in [0.717, 1.165) is 38.4 Å². The molecule has 0 N–H and O–H groups in total. The molecule has 0 unspecified atom stereocenters. The number of ether oxygens (including phenoxy) is 3. The Bertz CT molecular complexity index is 559. The average Bonchev–Trinajstić information content (AvgIpc) is 2.65. The molecule has 0 aromatic heterocycles. The van der Waals surface area contributed by atoms with Gasteiger partial charge in [0.1, 0.15) is 0 Å². The predicted molar refractivity (Wildman–Crippen MR) is 96.3 cm³/mol. The van der Waals surface area contributed by atoms with Crippen molar-refractivity contribution in [3.63, 3.8) is 0 Å². The Hall–Kier alpha value is -1.99. The standard InChI is InChI=1S/C18H29N3O4/c1-19(2)18(22)21(8-7-20-9-11-25-12-10-20)14-15-5-6-16(23-3)17(13-15)24-4/h5-6,13H,7-12,14H2,1-4H3. The smallest absolute Gasteiger partial charge is 0.319 e. The molecule has 1 aliphatic heterocycles. The van der Waals surface area contributed by atoms with E-state index in [4.69, 9.17) is 14.2 Å². The zero-order valence-electron chi connectivity index (χ0n) is 15.7. The maximum atomic E-state index is 12.6. The second-order valence-electron chi connectivity index (χ2n) is 6.24. The van der Waals surface area contributed by atoms with Crippen molar-refractivity contribution in [2.24, 2.45) is 0 Å². The highest BCUT2D eigenvalue weighted by Gasteiger charge is 2.19. The predicted octanol–water partition coefficient (Wildman–Crippen LogP) is 1.52. The van der Waals surface area contributed by atoms with Gasteiger partial charge in [-0.1, -0.05) is 6.07 Å². The van der Waals surface area contributed by atoms with Crippen molar-refractivity contribution in [2.45, 2.75) is 6.54 Å². The van der Waals surface area contributed by atoms with Gasteiger partial charge in [0, 0.05) is 46.8 Å². The number of hydrogen-bond donors (Lipinski definition) is 0. The number of carbonyl (C=O) groups excluding carboxylic acids is 1. The van der Waals surface area contributed by atoms with Gasteiger partial charge in [-0.2, -0.15) is 0 Å². The largest absolute Gasteiger partial charge is 0.493 e. The van der Waals surface area contributed by atoms with Gasteiger partial charge in [-0.15, -0.1) is 0 Å². The summed E-state index contributed by atoms with van der Waals surface area (Å²) in [6.45, 7) is 5.40. The second kappa shape index (κ2) is 9.48. The zero-order chi connectivity index (χ0) is 18.2. The molecule has 1 heterocycles. The van der Waals surface area contributed by atoms with E-state index < -0.39 is 0 Å². The fraction of sp³-hybridized carbons (Fsp3) is 0.611. The summed E-state index contributed by atoms with van der Waals surface area (Å²) in [5.74, 6) is 1.36. The van der Waals surface area contributed by atoms with Crippen LogP contribution in [0, 0.1) is 0 Å². The molecule has 7 nitrogen and oxygen atoms in total. The number of nitrogens with zero attached hydrogens (tertiary/aromatic N) is 3. The Morgan fingerprint density at radius 1 is 1.16 bits per heavy atom. The first-order valence-electron chi connectivity index (χ1n) is 8.52. The molecule has 0 radical (unpaired) electrons. The number of morpholine rings is 1. The molecule has 1 saturated heterocycles. The normalized spacial score (nSPS) is 14.9. The van der Waals surface area contributed by atoms with E-state index in [1.807, 2.05) is 23.1 Å². The second-order valence-corrected chi connectivity index (χ2v) is 6.24. The molecule has 0 saturated carbocycles. The lowest BCUT2D eigenvalue weighted by Gasteiger charge is -2.31. The lowest BCUT2D eigenvalue weighted by atomic mass is 10.2. The molecule has 1 aromatic rings. The fourth-order valence-electron chi connectivity index (χ4n) is 2.81. The summed E-state index contributed by atoms with van der Waals surface area (Å²) in [5, 5.41) is 0. The van der Waals surface area contributed by atoms with Crippen molar-refractivity contribution in [3.05, 3.63) is 23.8 Å². The van der Waals surface area contributed by atoms with Crippen LogP contribution in [0.1, 0.15) is 5.56 Å². The van der Waals surface area contributed by atoms with Crippen LogP contribution in [0.2, 0.25) is 0 Å². The first-order valence-corrected chi connectivity index (χ1v) is 8.52. The Kier molecular flexibility index (Phi) is 7.33. The van der Waals surface area contributed by atoms with Crippen LogP contribution in [0.3, 0.4) is 0 Å². The molecule has 7 heteroatoms. The monoisotopic (exact) mass is 351 g/mol. The molecule has 0 aliphatic carbocycles. The van der Waals surface area contributed by atoms with Gasteiger partial charge in [-0.05, 0) is 17.7 Å². The number of benzene rings is 1. The van der Waals surface area contributed by atoms with E-state index in [1.165, 1.54) is 0 Å². The lowest BCUT2D eigenvalue weighted by molar-refractivity contribution is 0.0341. The number of rotatable bonds is 7. The summed E-state index contributed by atoms with van der Waals surface area (Å²) in [6, 6.07) is 5.76. The Morgan fingerprint density at radius 2 is 1.84 bits per heavy atom. The lowest BCUT2D eigenvalue weighted by Crippen LogP contribution is -2.45. The number of carbonyl (C=O) groups is 1. The Labute approximate surface area is 150 Å². The van der Waals surface area contributed by atoms with E-state index in [9.17, 15) is 4.79 Å². The van der Waals surface area contributed by atoms with Crippen molar-refractivity contribution >= 4 is 6.03 Å². The van der Waals surface area contributed by atoms with Crippen molar-refractivity contribution in [2.75, 3.05) is 67.7 Å². The van der Waals surface area contributed by atoms with Crippen LogP contribution in [0.4, 0.5) is 4.79 Å². The maximum Gasteiger partial charge on any atom is 0.319 e. The third-order valence-electron chi connectivity index (χ3n) is 4.26. The van der Waals surface area contributed by atoms with E-state index >= 15 is 0 Å². The summed E-state index contributed by atoms with van der Waals surface area (Å²) >= 11 is 0. The summed E-state index contributed by atoms with van der Waals surface area (Å²) in [4.78, 5) is 18.3. The van der Waals surface area contributed by atoms with Crippen LogP contribution in [0.25, 0.3) is 0 Å². The van der Waals surface area contributed by atoms with Gasteiger partial charge in [-0.3, -0.25) is 4.90 Å². The SMILES string of the molecule is COc1ccc(CN(CCN2CCOCC2)C(=O)N(C)C)cc1OC.